The summed E-state index contributed by atoms with van der Waals surface area (Å²) in [7, 11) is 0. The average Bonchev–Trinajstić information content (AvgIpc) is 2.65. The second-order valence-corrected chi connectivity index (χ2v) is 6.38. The van der Waals surface area contributed by atoms with Crippen LogP contribution in [-0.2, 0) is 16.1 Å². The monoisotopic (exact) mass is 383 g/mol. The summed E-state index contributed by atoms with van der Waals surface area (Å²) in [6, 6.07) is 10.0. The molecule has 0 radical (unpaired) electrons. The van der Waals surface area contributed by atoms with Crippen molar-refractivity contribution < 1.29 is 23.1 Å². The number of nitrogens with one attached hydrogen (secondary N) is 1. The van der Waals surface area contributed by atoms with Crippen LogP contribution in [0.4, 0.5) is 4.39 Å². The van der Waals surface area contributed by atoms with Gasteiger partial charge in [0.2, 0.25) is 0 Å². The van der Waals surface area contributed by atoms with Crippen LogP contribution < -0.4 is 10.9 Å². The molecule has 0 aliphatic carbocycles. The third-order valence-electron chi connectivity index (χ3n) is 4.31. The molecule has 1 aromatic heterocycles. The van der Waals surface area contributed by atoms with Gasteiger partial charge >= 0.3 is 11.6 Å². The Hall–Kier alpha value is -3.48. The van der Waals surface area contributed by atoms with Crippen molar-refractivity contribution in [3.05, 3.63) is 81.0 Å². The van der Waals surface area contributed by atoms with Crippen LogP contribution in [0.5, 0.6) is 0 Å². The highest BCUT2D eigenvalue weighted by atomic mass is 19.1. The maximum atomic E-state index is 13.1. The van der Waals surface area contributed by atoms with Crippen LogP contribution in [0.1, 0.15) is 27.0 Å². The zero-order valence-electron chi connectivity index (χ0n) is 15.4. The van der Waals surface area contributed by atoms with Crippen LogP contribution in [0.2, 0.25) is 0 Å². The third-order valence-corrected chi connectivity index (χ3v) is 4.31. The first kappa shape index (κ1) is 19.3. The van der Waals surface area contributed by atoms with E-state index < -0.39 is 23.3 Å². The number of hydrogen-bond acceptors (Lipinski definition) is 5. The second kappa shape index (κ2) is 8.04. The van der Waals surface area contributed by atoms with E-state index in [-0.39, 0.29) is 18.7 Å². The topological polar surface area (TPSA) is 85.6 Å². The molecule has 0 atom stereocenters. The van der Waals surface area contributed by atoms with Crippen molar-refractivity contribution in [2.75, 3.05) is 6.54 Å². The second-order valence-electron chi connectivity index (χ2n) is 6.38. The Morgan fingerprint density at radius 3 is 2.61 bits per heavy atom. The van der Waals surface area contributed by atoms with Crippen molar-refractivity contribution in [1.82, 2.24) is 5.32 Å². The summed E-state index contributed by atoms with van der Waals surface area (Å²) < 4.78 is 23.5. The molecule has 0 unspecified atom stereocenters. The first-order valence-corrected chi connectivity index (χ1v) is 8.57. The number of esters is 1. The molecule has 0 bridgehead atoms. The average molecular weight is 383 g/mol. The van der Waals surface area contributed by atoms with Gasteiger partial charge in [0.05, 0.1) is 0 Å². The summed E-state index contributed by atoms with van der Waals surface area (Å²) in [5.74, 6) is -1.82. The van der Waals surface area contributed by atoms with Gasteiger partial charge in [-0.05, 0) is 55.3 Å². The van der Waals surface area contributed by atoms with Gasteiger partial charge in [-0.1, -0.05) is 6.07 Å². The molecule has 2 aromatic carbocycles. The fourth-order valence-corrected chi connectivity index (χ4v) is 2.70. The fourth-order valence-electron chi connectivity index (χ4n) is 2.70. The summed E-state index contributed by atoms with van der Waals surface area (Å²) in [4.78, 5) is 35.6. The molecule has 6 nitrogen and oxygen atoms in total. The number of hydrogen-bond donors (Lipinski definition) is 1. The largest absolute Gasteiger partial charge is 0.459 e. The molecule has 0 aliphatic heterocycles. The Bertz CT molecular complexity index is 1120. The first-order chi connectivity index (χ1) is 13.3. The lowest BCUT2D eigenvalue weighted by molar-refractivity contribution is -0.143. The number of fused-ring (bicyclic) bond motifs is 1. The molecular formula is C21H18FNO5. The van der Waals surface area contributed by atoms with Crippen LogP contribution in [0, 0.1) is 19.7 Å². The molecule has 1 N–H and O–H groups in total. The molecule has 1 amide bonds. The van der Waals surface area contributed by atoms with Crippen LogP contribution in [0.25, 0.3) is 11.0 Å². The molecule has 3 rings (SSSR count). The smallest absolute Gasteiger partial charge is 0.336 e. The highest BCUT2D eigenvalue weighted by molar-refractivity contribution is 5.95. The van der Waals surface area contributed by atoms with Gasteiger partial charge in [0, 0.05) is 22.6 Å². The number of rotatable bonds is 5. The van der Waals surface area contributed by atoms with E-state index in [1.54, 1.807) is 6.07 Å². The summed E-state index contributed by atoms with van der Waals surface area (Å²) in [6.07, 6.45) is 0. The molecule has 144 valence electrons. The van der Waals surface area contributed by atoms with E-state index in [1.807, 2.05) is 19.9 Å². The molecule has 28 heavy (non-hydrogen) atoms. The van der Waals surface area contributed by atoms with Crippen molar-refractivity contribution >= 4 is 22.8 Å². The van der Waals surface area contributed by atoms with Crippen molar-refractivity contribution in [3.63, 3.8) is 0 Å². The van der Waals surface area contributed by atoms with Gasteiger partial charge < -0.3 is 14.5 Å². The van der Waals surface area contributed by atoms with E-state index >= 15 is 0 Å². The Morgan fingerprint density at radius 1 is 1.11 bits per heavy atom. The minimum atomic E-state index is -0.685. The summed E-state index contributed by atoms with van der Waals surface area (Å²) in [5.41, 5.74) is 2.48. The van der Waals surface area contributed by atoms with E-state index in [1.165, 1.54) is 24.3 Å². The molecule has 1 heterocycles. The van der Waals surface area contributed by atoms with Gasteiger partial charge in [0.1, 0.15) is 24.6 Å². The minimum absolute atomic E-state index is 0.102. The van der Waals surface area contributed by atoms with Crippen molar-refractivity contribution in [3.8, 4) is 0 Å². The Morgan fingerprint density at radius 2 is 1.86 bits per heavy atom. The lowest BCUT2D eigenvalue weighted by Crippen LogP contribution is -2.30. The minimum Gasteiger partial charge on any atom is -0.459 e. The van der Waals surface area contributed by atoms with Crippen LogP contribution >= 0.6 is 0 Å². The molecular weight excluding hydrogens is 365 g/mol. The van der Waals surface area contributed by atoms with Gasteiger partial charge in [0.25, 0.3) is 5.91 Å². The number of carbonyl (C=O) groups is 2. The Kier molecular flexibility index (Phi) is 5.54. The predicted octanol–water partition coefficient (Wildman–Crippen LogP) is 3.02. The number of benzene rings is 2. The summed E-state index contributed by atoms with van der Waals surface area (Å²) >= 11 is 0. The Balaban J connectivity index is 1.65. The molecule has 7 heteroatoms. The summed E-state index contributed by atoms with van der Waals surface area (Å²) in [6.45, 7) is 3.31. The molecule has 0 aliphatic rings. The quantitative estimate of drug-likeness (QED) is 0.541. The highest BCUT2D eigenvalue weighted by Gasteiger charge is 2.12. The zero-order chi connectivity index (χ0) is 20.3. The molecule has 0 fully saturated rings. The number of amides is 1. The van der Waals surface area contributed by atoms with E-state index in [4.69, 9.17) is 9.15 Å². The van der Waals surface area contributed by atoms with E-state index in [9.17, 15) is 18.8 Å². The molecule has 0 spiro atoms. The maximum absolute atomic E-state index is 13.1. The van der Waals surface area contributed by atoms with Crippen molar-refractivity contribution in [2.24, 2.45) is 0 Å². The number of aryl methyl sites for hydroxylation is 2. The van der Waals surface area contributed by atoms with Crippen LogP contribution in [0.15, 0.2) is 51.7 Å². The zero-order valence-corrected chi connectivity index (χ0v) is 15.4. The normalized spacial score (nSPS) is 10.7. The lowest BCUT2D eigenvalue weighted by Gasteiger charge is -2.10. The fraction of sp³-hybridized carbons (Fsp3) is 0.190. The number of halogens is 1. The van der Waals surface area contributed by atoms with Crippen LogP contribution in [-0.4, -0.2) is 18.4 Å². The summed E-state index contributed by atoms with van der Waals surface area (Å²) in [5, 5.41) is 3.05. The van der Waals surface area contributed by atoms with E-state index in [0.29, 0.717) is 16.5 Å². The molecule has 0 saturated carbocycles. The standard InChI is InChI=1S/C21H18FNO5/c1-12-6-17-15(9-19(24)28-18(17)7-13(12)2)11-27-20(25)10-23-21(26)14-4-3-5-16(22)8-14/h3-9H,10-11H2,1-2H3,(H,23,26). The predicted molar refractivity (Wildman–Crippen MR) is 100 cm³/mol. The SMILES string of the molecule is Cc1cc2oc(=O)cc(COC(=O)CNC(=O)c3cccc(F)c3)c2cc1C. The first-order valence-electron chi connectivity index (χ1n) is 8.57. The molecule has 0 saturated heterocycles. The maximum Gasteiger partial charge on any atom is 0.336 e. The van der Waals surface area contributed by atoms with Gasteiger partial charge in [-0.2, -0.15) is 0 Å². The van der Waals surface area contributed by atoms with Gasteiger partial charge in [-0.3, -0.25) is 9.59 Å². The van der Waals surface area contributed by atoms with E-state index in [0.717, 1.165) is 17.2 Å². The van der Waals surface area contributed by atoms with Gasteiger partial charge in [-0.25, -0.2) is 9.18 Å². The highest BCUT2D eigenvalue weighted by Crippen LogP contribution is 2.22. The Labute approximate surface area is 159 Å². The van der Waals surface area contributed by atoms with Gasteiger partial charge in [-0.15, -0.1) is 0 Å². The number of carbonyl (C=O) groups excluding carboxylic acids is 2. The third kappa shape index (κ3) is 4.43. The van der Waals surface area contributed by atoms with Crippen molar-refractivity contribution in [1.29, 1.82) is 0 Å². The van der Waals surface area contributed by atoms with Gasteiger partial charge in [0.15, 0.2) is 0 Å². The lowest BCUT2D eigenvalue weighted by atomic mass is 10.0. The van der Waals surface area contributed by atoms with Crippen molar-refractivity contribution in [2.45, 2.75) is 20.5 Å². The number of ether oxygens (including phenoxy) is 1. The van der Waals surface area contributed by atoms with E-state index in [2.05, 4.69) is 5.32 Å². The molecule has 3 aromatic rings. The van der Waals surface area contributed by atoms with Crippen LogP contribution in [0.3, 0.4) is 0 Å².